The molecular weight excluding hydrogens is 247 g/mol. The van der Waals surface area contributed by atoms with E-state index in [1.165, 1.54) is 19.4 Å². The van der Waals surface area contributed by atoms with Crippen LogP contribution >= 0.6 is 0 Å². The Bertz CT molecular complexity index is 280. The Hall–Kier alpha value is -0.340. The fourth-order valence-electron chi connectivity index (χ4n) is 0.632. The largest absolute Gasteiger partial charge is 0.522 e. The predicted octanol–water partition coefficient (Wildman–Crippen LogP) is 1.89. The summed E-state index contributed by atoms with van der Waals surface area (Å²) in [6.07, 6.45) is 2.67. The van der Waals surface area contributed by atoms with Crippen molar-refractivity contribution >= 4 is 10.1 Å². The average Bonchev–Trinajstić information content (AvgIpc) is 1.96. The normalized spacial score (nSPS) is 13.0. The summed E-state index contributed by atoms with van der Waals surface area (Å²) in [7, 11) is 0.855. The Labute approximate surface area is 94.4 Å². The second kappa shape index (κ2) is 6.41. The highest BCUT2D eigenvalue weighted by molar-refractivity contribution is 7.86. The third-order valence-corrected chi connectivity index (χ3v) is 2.06. The monoisotopic (exact) mass is 266 g/mol. The maximum Gasteiger partial charge on any atom is 0.522 e. The molecule has 0 aliphatic heterocycles. The van der Waals surface area contributed by atoms with E-state index in [0.29, 0.717) is 0 Å². The summed E-state index contributed by atoms with van der Waals surface area (Å²) in [4.78, 5) is 0. The zero-order valence-electron chi connectivity index (χ0n) is 9.87. The number of halogens is 3. The molecule has 0 aliphatic carbocycles. The summed E-state index contributed by atoms with van der Waals surface area (Å²) < 4.78 is 58.6. The van der Waals surface area contributed by atoms with Crippen molar-refractivity contribution in [3.8, 4) is 0 Å². The molecule has 4 nitrogen and oxygen atoms in total. The highest BCUT2D eigenvalue weighted by Gasteiger charge is 2.44. The molecule has 0 aromatic heterocycles. The fourth-order valence-corrected chi connectivity index (χ4v) is 0.632. The molecule has 0 aliphatic rings. The molecule has 0 radical (unpaired) electrons. The van der Waals surface area contributed by atoms with E-state index in [1.807, 2.05) is 0 Å². The average molecular weight is 266 g/mol. The van der Waals surface area contributed by atoms with Crippen molar-refractivity contribution in [3.63, 3.8) is 0 Å². The molecule has 1 N–H and O–H groups in total. The van der Waals surface area contributed by atoms with E-state index in [-0.39, 0.29) is 0 Å². The van der Waals surface area contributed by atoms with Crippen LogP contribution in [0.5, 0.6) is 0 Å². The quantitative estimate of drug-likeness (QED) is 0.482. The maximum absolute atomic E-state index is 10.7. The molecule has 0 fully saturated rings. The Kier molecular flexibility index (Phi) is 7.22. The number of rotatable bonds is 3. The molecule has 0 atom stereocenters. The van der Waals surface area contributed by atoms with Crippen molar-refractivity contribution in [3.05, 3.63) is 0 Å². The highest BCUT2D eigenvalue weighted by Crippen LogP contribution is 2.20. The van der Waals surface area contributed by atoms with Gasteiger partial charge in [0, 0.05) is 0 Å². The van der Waals surface area contributed by atoms with Gasteiger partial charge in [-0.25, -0.2) is 0 Å². The Morgan fingerprint density at radius 1 is 1.19 bits per heavy atom. The standard InChI is InChI=1S/C7H18N.CHF3O3S/c1-5-6-7-8(2,3)4;2-1(3,4)8(5,6)7/h5-7H2,1-4H3;(H,5,6,7)/q+1;. The van der Waals surface area contributed by atoms with Gasteiger partial charge in [-0.3, -0.25) is 4.55 Å². The first-order valence-corrected chi connectivity index (χ1v) is 6.09. The number of nitrogens with zero attached hydrogens (tertiary/aromatic N) is 1. The van der Waals surface area contributed by atoms with E-state index in [1.54, 1.807) is 0 Å². The van der Waals surface area contributed by atoms with Gasteiger partial charge in [0.2, 0.25) is 0 Å². The van der Waals surface area contributed by atoms with Crippen LogP contribution in [0, 0.1) is 0 Å². The minimum atomic E-state index is -5.84. The van der Waals surface area contributed by atoms with Gasteiger partial charge in [-0.15, -0.1) is 0 Å². The molecule has 8 heteroatoms. The van der Waals surface area contributed by atoms with Gasteiger partial charge in [0.1, 0.15) is 0 Å². The van der Waals surface area contributed by atoms with Crippen LogP contribution in [0.3, 0.4) is 0 Å². The van der Waals surface area contributed by atoms with Gasteiger partial charge >= 0.3 is 15.6 Å². The van der Waals surface area contributed by atoms with Crippen molar-refractivity contribution in [2.75, 3.05) is 27.7 Å². The summed E-state index contributed by atoms with van der Waals surface area (Å²) in [6, 6.07) is 0. The molecule has 0 bridgehead atoms. The van der Waals surface area contributed by atoms with E-state index < -0.39 is 15.6 Å². The second-order valence-corrected chi connectivity index (χ2v) is 5.70. The number of quaternary nitrogens is 1. The molecule has 0 rings (SSSR count). The van der Waals surface area contributed by atoms with E-state index in [2.05, 4.69) is 28.1 Å². The Morgan fingerprint density at radius 3 is 1.56 bits per heavy atom. The molecule has 0 saturated heterocycles. The third-order valence-electron chi connectivity index (χ3n) is 1.47. The van der Waals surface area contributed by atoms with Gasteiger partial charge in [-0.1, -0.05) is 13.3 Å². The molecule has 0 aromatic carbocycles. The van der Waals surface area contributed by atoms with E-state index >= 15 is 0 Å². The van der Waals surface area contributed by atoms with E-state index in [0.717, 1.165) is 4.48 Å². The molecule has 0 aromatic rings. The first-order chi connectivity index (χ1) is 6.81. The van der Waals surface area contributed by atoms with Crippen molar-refractivity contribution in [1.82, 2.24) is 0 Å². The van der Waals surface area contributed by atoms with E-state index in [9.17, 15) is 13.2 Å². The van der Waals surface area contributed by atoms with Crippen molar-refractivity contribution < 1.29 is 30.6 Å². The molecule has 0 saturated carbocycles. The third kappa shape index (κ3) is 11.7. The highest BCUT2D eigenvalue weighted by atomic mass is 32.2. The zero-order chi connectivity index (χ0) is 13.6. The maximum atomic E-state index is 10.7. The molecule has 100 valence electrons. The molecule has 0 heterocycles. The van der Waals surface area contributed by atoms with Gasteiger partial charge in [-0.2, -0.15) is 21.6 Å². The molecule has 16 heavy (non-hydrogen) atoms. The minimum Gasteiger partial charge on any atom is -0.331 e. The van der Waals surface area contributed by atoms with Crippen LogP contribution in [0.2, 0.25) is 0 Å². The van der Waals surface area contributed by atoms with Crippen LogP contribution in [0.4, 0.5) is 13.2 Å². The fraction of sp³-hybridized carbons (Fsp3) is 1.00. The van der Waals surface area contributed by atoms with Crippen molar-refractivity contribution in [2.24, 2.45) is 0 Å². The summed E-state index contributed by atoms with van der Waals surface area (Å²) >= 11 is 0. The summed E-state index contributed by atoms with van der Waals surface area (Å²) in [5, 5.41) is 0. The van der Waals surface area contributed by atoms with Gasteiger partial charge in [-0.05, 0) is 6.42 Å². The van der Waals surface area contributed by atoms with Crippen LogP contribution in [0.1, 0.15) is 19.8 Å². The zero-order valence-corrected chi connectivity index (χ0v) is 10.7. The first kappa shape index (κ1) is 18.0. The van der Waals surface area contributed by atoms with Crippen molar-refractivity contribution in [2.45, 2.75) is 25.3 Å². The van der Waals surface area contributed by atoms with Crippen LogP contribution < -0.4 is 0 Å². The number of alkyl halides is 3. The van der Waals surface area contributed by atoms with E-state index in [4.69, 9.17) is 13.0 Å². The topological polar surface area (TPSA) is 54.4 Å². The van der Waals surface area contributed by atoms with Crippen LogP contribution in [0.25, 0.3) is 0 Å². The van der Waals surface area contributed by atoms with Gasteiger partial charge in [0.25, 0.3) is 0 Å². The lowest BCUT2D eigenvalue weighted by atomic mass is 10.3. The summed E-state index contributed by atoms with van der Waals surface area (Å²) in [5.74, 6) is 0. The predicted molar refractivity (Wildman–Crippen MR) is 55.4 cm³/mol. The lowest BCUT2D eigenvalue weighted by molar-refractivity contribution is -0.870. The van der Waals surface area contributed by atoms with Crippen LogP contribution in [-0.4, -0.2) is 50.6 Å². The number of hydrogen-bond acceptors (Lipinski definition) is 2. The smallest absolute Gasteiger partial charge is 0.331 e. The van der Waals surface area contributed by atoms with Crippen molar-refractivity contribution in [1.29, 1.82) is 0 Å². The van der Waals surface area contributed by atoms with Crippen LogP contribution in [-0.2, 0) is 10.1 Å². The number of hydrogen-bond donors (Lipinski definition) is 1. The second-order valence-electron chi connectivity index (χ2n) is 4.29. The molecular formula is C8H19F3NO3S+. The Morgan fingerprint density at radius 2 is 1.50 bits per heavy atom. The SMILES string of the molecule is CCCC[N+](C)(C)C.O=S(=O)(O)C(F)(F)F. The summed E-state index contributed by atoms with van der Waals surface area (Å²) in [6.45, 7) is 3.53. The molecule has 0 amide bonds. The first-order valence-electron chi connectivity index (χ1n) is 4.65. The lowest BCUT2D eigenvalue weighted by Crippen LogP contribution is -2.35. The van der Waals surface area contributed by atoms with Gasteiger partial charge in [0.15, 0.2) is 0 Å². The van der Waals surface area contributed by atoms with Crippen LogP contribution in [0.15, 0.2) is 0 Å². The van der Waals surface area contributed by atoms with Gasteiger partial charge < -0.3 is 4.48 Å². The van der Waals surface area contributed by atoms with Gasteiger partial charge in [0.05, 0.1) is 27.7 Å². The number of unbranched alkanes of at least 4 members (excludes halogenated alkanes) is 1. The summed E-state index contributed by atoms with van der Waals surface area (Å²) in [5.41, 5.74) is -5.53. The Balaban J connectivity index is 0. The lowest BCUT2D eigenvalue weighted by Gasteiger charge is -2.23. The molecule has 0 unspecified atom stereocenters. The minimum absolute atomic E-state index is 1.10. The molecule has 0 spiro atoms.